The van der Waals surface area contributed by atoms with E-state index >= 15 is 0 Å². The van der Waals surface area contributed by atoms with E-state index in [1.165, 1.54) is 18.6 Å². The van der Waals surface area contributed by atoms with Gasteiger partial charge in [-0.05, 0) is 37.9 Å². The average molecular weight is 254 g/mol. The van der Waals surface area contributed by atoms with E-state index < -0.39 is 11.6 Å². The molecule has 100 valence electrons. The molecule has 0 bridgehead atoms. The minimum Gasteiger partial charge on any atom is -0.326 e. The Morgan fingerprint density at radius 3 is 2.72 bits per heavy atom. The first kappa shape index (κ1) is 13.4. The molecule has 0 spiro atoms. The van der Waals surface area contributed by atoms with Crippen LogP contribution in [-0.2, 0) is 6.42 Å². The Bertz CT molecular complexity index is 409. The summed E-state index contributed by atoms with van der Waals surface area (Å²) in [5, 5.41) is 0. The molecule has 1 saturated carbocycles. The monoisotopic (exact) mass is 254 g/mol. The molecule has 0 amide bonds. The van der Waals surface area contributed by atoms with E-state index in [2.05, 4.69) is 4.90 Å². The number of nitrogens with two attached hydrogens (primary N) is 1. The molecule has 1 aromatic carbocycles. The van der Waals surface area contributed by atoms with Crippen molar-refractivity contribution in [3.05, 3.63) is 35.4 Å². The summed E-state index contributed by atoms with van der Waals surface area (Å²) in [6, 6.07) is 4.39. The van der Waals surface area contributed by atoms with Crippen LogP contribution in [0.1, 0.15) is 24.8 Å². The summed E-state index contributed by atoms with van der Waals surface area (Å²) in [5.41, 5.74) is 6.60. The largest absolute Gasteiger partial charge is 0.326 e. The predicted octanol–water partition coefficient (Wildman–Crippen LogP) is 2.32. The van der Waals surface area contributed by atoms with Crippen LogP contribution in [0.4, 0.5) is 8.78 Å². The first-order valence-electron chi connectivity index (χ1n) is 6.47. The summed E-state index contributed by atoms with van der Waals surface area (Å²) in [4.78, 5) is 2.19. The molecular formula is C14H20F2N2. The van der Waals surface area contributed by atoms with Crippen molar-refractivity contribution >= 4 is 0 Å². The van der Waals surface area contributed by atoms with Crippen LogP contribution in [0.3, 0.4) is 0 Å². The number of hydrogen-bond acceptors (Lipinski definition) is 2. The average Bonchev–Trinajstić information content (AvgIpc) is 2.74. The van der Waals surface area contributed by atoms with Gasteiger partial charge in [0.1, 0.15) is 11.6 Å². The molecule has 0 saturated heterocycles. The molecular weight excluding hydrogens is 234 g/mol. The fourth-order valence-electron chi connectivity index (χ4n) is 2.70. The highest BCUT2D eigenvalue weighted by Crippen LogP contribution is 2.22. The summed E-state index contributed by atoms with van der Waals surface area (Å²) in [7, 11) is 2.03. The van der Waals surface area contributed by atoms with Crippen molar-refractivity contribution < 1.29 is 8.78 Å². The molecule has 2 unspecified atom stereocenters. The Kier molecular flexibility index (Phi) is 4.30. The number of nitrogens with zero attached hydrogens (tertiary/aromatic N) is 1. The fraction of sp³-hybridized carbons (Fsp3) is 0.571. The van der Waals surface area contributed by atoms with Gasteiger partial charge in [-0.2, -0.15) is 0 Å². The third kappa shape index (κ3) is 3.06. The van der Waals surface area contributed by atoms with Gasteiger partial charge in [0, 0.05) is 24.7 Å². The van der Waals surface area contributed by atoms with Crippen LogP contribution in [-0.4, -0.2) is 30.6 Å². The van der Waals surface area contributed by atoms with Gasteiger partial charge in [0.2, 0.25) is 0 Å². The summed E-state index contributed by atoms with van der Waals surface area (Å²) in [6.45, 7) is 0.751. The molecule has 2 N–H and O–H groups in total. The van der Waals surface area contributed by atoms with E-state index in [9.17, 15) is 8.78 Å². The Labute approximate surface area is 107 Å². The van der Waals surface area contributed by atoms with Crippen LogP contribution in [0.5, 0.6) is 0 Å². The zero-order chi connectivity index (χ0) is 13.1. The van der Waals surface area contributed by atoms with Crippen molar-refractivity contribution in [2.45, 2.75) is 37.8 Å². The van der Waals surface area contributed by atoms with Gasteiger partial charge in [-0.3, -0.25) is 0 Å². The van der Waals surface area contributed by atoms with E-state index in [0.29, 0.717) is 18.0 Å². The number of hydrogen-bond donors (Lipinski definition) is 1. The lowest BCUT2D eigenvalue weighted by Crippen LogP contribution is -2.43. The molecule has 0 aromatic heterocycles. The highest BCUT2D eigenvalue weighted by molar-refractivity contribution is 5.18. The van der Waals surface area contributed by atoms with E-state index in [1.807, 2.05) is 7.05 Å². The van der Waals surface area contributed by atoms with Gasteiger partial charge in [0.15, 0.2) is 0 Å². The molecule has 0 radical (unpaired) electrons. The second-order valence-electron chi connectivity index (χ2n) is 5.13. The van der Waals surface area contributed by atoms with Gasteiger partial charge in [0.25, 0.3) is 0 Å². The van der Waals surface area contributed by atoms with Crippen LogP contribution in [0.2, 0.25) is 0 Å². The Morgan fingerprint density at radius 2 is 2.11 bits per heavy atom. The summed E-state index contributed by atoms with van der Waals surface area (Å²) < 4.78 is 26.2. The number of likely N-dealkylation sites (N-methyl/N-ethyl adjacent to an activating group) is 1. The maximum Gasteiger partial charge on any atom is 0.129 e. The molecule has 4 heteroatoms. The van der Waals surface area contributed by atoms with Crippen LogP contribution in [0.25, 0.3) is 0 Å². The fourth-order valence-corrected chi connectivity index (χ4v) is 2.70. The lowest BCUT2D eigenvalue weighted by atomic mass is 10.1. The van der Waals surface area contributed by atoms with E-state index in [1.54, 1.807) is 0 Å². The van der Waals surface area contributed by atoms with Crippen LogP contribution >= 0.6 is 0 Å². The zero-order valence-electron chi connectivity index (χ0n) is 10.7. The van der Waals surface area contributed by atoms with Crippen molar-refractivity contribution in [2.75, 3.05) is 13.6 Å². The summed E-state index contributed by atoms with van der Waals surface area (Å²) in [6.07, 6.45) is 3.94. The van der Waals surface area contributed by atoms with Crippen molar-refractivity contribution in [2.24, 2.45) is 5.73 Å². The molecule has 1 fully saturated rings. The third-order valence-corrected chi connectivity index (χ3v) is 3.85. The van der Waals surface area contributed by atoms with Crippen LogP contribution in [0.15, 0.2) is 18.2 Å². The minimum absolute atomic E-state index is 0.230. The van der Waals surface area contributed by atoms with Crippen molar-refractivity contribution in [1.29, 1.82) is 0 Å². The first-order valence-corrected chi connectivity index (χ1v) is 6.47. The first-order chi connectivity index (χ1) is 8.58. The normalized spacial score (nSPS) is 23.8. The van der Waals surface area contributed by atoms with Crippen molar-refractivity contribution in [1.82, 2.24) is 4.90 Å². The Hall–Kier alpha value is -1.00. The molecule has 0 aliphatic heterocycles. The standard InChI is InChI=1S/C14H20F2N2/c1-18(14-4-2-3-13(14)17)8-7-10-5-6-11(15)9-12(10)16/h5-6,9,13-14H,2-4,7-8,17H2,1H3. The zero-order valence-corrected chi connectivity index (χ0v) is 10.7. The summed E-state index contributed by atoms with van der Waals surface area (Å²) in [5.74, 6) is -0.985. The molecule has 1 aromatic rings. The van der Waals surface area contributed by atoms with E-state index in [4.69, 9.17) is 5.73 Å². The highest BCUT2D eigenvalue weighted by atomic mass is 19.1. The van der Waals surface area contributed by atoms with Gasteiger partial charge in [0.05, 0.1) is 0 Å². The molecule has 2 atom stereocenters. The molecule has 2 rings (SSSR count). The lowest BCUT2D eigenvalue weighted by Gasteiger charge is -2.27. The maximum absolute atomic E-state index is 13.5. The Balaban J connectivity index is 1.90. The smallest absolute Gasteiger partial charge is 0.129 e. The topological polar surface area (TPSA) is 29.3 Å². The Morgan fingerprint density at radius 1 is 1.33 bits per heavy atom. The molecule has 2 nitrogen and oxygen atoms in total. The van der Waals surface area contributed by atoms with Gasteiger partial charge in [-0.1, -0.05) is 12.5 Å². The predicted molar refractivity (Wildman–Crippen MR) is 68.3 cm³/mol. The van der Waals surface area contributed by atoms with Crippen molar-refractivity contribution in [3.8, 4) is 0 Å². The van der Waals surface area contributed by atoms with Crippen LogP contribution < -0.4 is 5.73 Å². The SMILES string of the molecule is CN(CCc1ccc(F)cc1F)C1CCCC1N. The summed E-state index contributed by atoms with van der Waals surface area (Å²) >= 11 is 0. The third-order valence-electron chi connectivity index (χ3n) is 3.85. The molecule has 0 heterocycles. The second-order valence-corrected chi connectivity index (χ2v) is 5.13. The molecule has 1 aliphatic rings. The minimum atomic E-state index is -0.526. The maximum atomic E-state index is 13.5. The molecule has 1 aliphatic carbocycles. The number of halogens is 2. The quantitative estimate of drug-likeness (QED) is 0.893. The highest BCUT2D eigenvalue weighted by Gasteiger charge is 2.27. The van der Waals surface area contributed by atoms with Gasteiger partial charge < -0.3 is 10.6 Å². The van der Waals surface area contributed by atoms with Gasteiger partial charge >= 0.3 is 0 Å². The van der Waals surface area contributed by atoms with Gasteiger partial charge in [-0.15, -0.1) is 0 Å². The molecule has 18 heavy (non-hydrogen) atoms. The number of benzene rings is 1. The second kappa shape index (κ2) is 5.76. The van der Waals surface area contributed by atoms with Gasteiger partial charge in [-0.25, -0.2) is 8.78 Å². The number of rotatable bonds is 4. The van der Waals surface area contributed by atoms with Crippen LogP contribution in [0, 0.1) is 11.6 Å². The van der Waals surface area contributed by atoms with E-state index in [0.717, 1.165) is 25.5 Å². The van der Waals surface area contributed by atoms with E-state index in [-0.39, 0.29) is 6.04 Å². The van der Waals surface area contributed by atoms with Crippen molar-refractivity contribution in [3.63, 3.8) is 0 Å². The lowest BCUT2D eigenvalue weighted by molar-refractivity contribution is 0.230.